The minimum Gasteiger partial charge on any atom is -0.354 e. The third kappa shape index (κ3) is 3.30. The zero-order valence-electron chi connectivity index (χ0n) is 10.8. The molecule has 0 radical (unpaired) electrons. The van der Waals surface area contributed by atoms with Crippen LogP contribution in [-0.4, -0.2) is 29.3 Å². The van der Waals surface area contributed by atoms with Gasteiger partial charge in [-0.15, -0.1) is 5.10 Å². The van der Waals surface area contributed by atoms with Gasteiger partial charge in [0.2, 0.25) is 0 Å². The molecule has 5 heteroatoms. The van der Waals surface area contributed by atoms with Crippen LogP contribution in [0.3, 0.4) is 0 Å². The average Bonchev–Trinajstić information content (AvgIpc) is 3.00. The number of piperidine rings is 1. The van der Waals surface area contributed by atoms with E-state index >= 15 is 0 Å². The van der Waals surface area contributed by atoms with Crippen LogP contribution in [0.15, 0.2) is 35.2 Å². The highest BCUT2D eigenvalue weighted by Crippen LogP contribution is 2.17. The summed E-state index contributed by atoms with van der Waals surface area (Å²) < 4.78 is 0. The van der Waals surface area contributed by atoms with Gasteiger partial charge in [0.15, 0.2) is 5.82 Å². The van der Waals surface area contributed by atoms with Crippen LogP contribution >= 0.6 is 11.3 Å². The Labute approximate surface area is 117 Å². The lowest BCUT2D eigenvalue weighted by Crippen LogP contribution is -2.45. The number of hydrogen-bond donors (Lipinski definition) is 1. The number of nitrogens with one attached hydrogen (secondary N) is 1. The lowest BCUT2D eigenvalue weighted by molar-refractivity contribution is 0.419. The molecule has 4 nitrogen and oxygen atoms in total. The van der Waals surface area contributed by atoms with Crippen molar-refractivity contribution in [2.24, 2.45) is 0 Å². The number of hydrogen-bond acceptors (Lipinski definition) is 5. The fourth-order valence-corrected chi connectivity index (χ4v) is 3.14. The maximum absolute atomic E-state index is 4.20. The van der Waals surface area contributed by atoms with Crippen molar-refractivity contribution >= 4 is 17.2 Å². The predicted molar refractivity (Wildman–Crippen MR) is 78.4 cm³/mol. The monoisotopic (exact) mass is 274 g/mol. The Balaban J connectivity index is 1.56. The van der Waals surface area contributed by atoms with Gasteiger partial charge in [0.1, 0.15) is 0 Å². The largest absolute Gasteiger partial charge is 0.354 e. The quantitative estimate of drug-likeness (QED) is 0.929. The van der Waals surface area contributed by atoms with E-state index in [0.29, 0.717) is 6.04 Å². The van der Waals surface area contributed by atoms with Gasteiger partial charge in [-0.1, -0.05) is 0 Å². The van der Waals surface area contributed by atoms with Gasteiger partial charge in [-0.2, -0.15) is 16.4 Å². The lowest BCUT2D eigenvalue weighted by Gasteiger charge is -2.33. The second kappa shape index (κ2) is 6.12. The van der Waals surface area contributed by atoms with E-state index in [1.54, 1.807) is 17.5 Å². The Kier molecular flexibility index (Phi) is 4.05. The second-order valence-corrected chi connectivity index (χ2v) is 5.66. The Morgan fingerprint density at radius 2 is 2.42 bits per heavy atom. The molecule has 0 spiro atoms. The Bertz CT molecular complexity index is 485. The zero-order chi connectivity index (χ0) is 12.9. The van der Waals surface area contributed by atoms with Crippen LogP contribution in [0, 0.1) is 0 Å². The number of nitrogens with zero attached hydrogens (tertiary/aromatic N) is 3. The molecule has 1 N–H and O–H groups in total. The highest BCUT2D eigenvalue weighted by molar-refractivity contribution is 7.07. The molecule has 2 aromatic heterocycles. The molecule has 0 aliphatic carbocycles. The van der Waals surface area contributed by atoms with E-state index in [9.17, 15) is 0 Å². The topological polar surface area (TPSA) is 41.1 Å². The molecule has 100 valence electrons. The van der Waals surface area contributed by atoms with E-state index in [1.165, 1.54) is 18.4 Å². The number of anilines is 1. The summed E-state index contributed by atoms with van der Waals surface area (Å²) >= 11 is 1.75. The molecule has 19 heavy (non-hydrogen) atoms. The summed E-state index contributed by atoms with van der Waals surface area (Å²) in [6, 6.07) is 6.70. The van der Waals surface area contributed by atoms with Gasteiger partial charge < -0.3 is 10.2 Å². The van der Waals surface area contributed by atoms with Crippen molar-refractivity contribution in [2.75, 3.05) is 18.0 Å². The molecule has 0 bridgehead atoms. The van der Waals surface area contributed by atoms with Crippen molar-refractivity contribution in [3.8, 4) is 0 Å². The SMILES string of the molecule is c1cnnc(N2CCC[C@H](NCc3ccsc3)C2)c1. The minimum absolute atomic E-state index is 0.538. The standard InChI is InChI=1S/C14H18N4S/c1-4-14(17-16-6-1)18-7-2-3-13(10-18)15-9-12-5-8-19-11-12/h1,4-6,8,11,13,15H,2-3,7,9-10H2/t13-/m0/s1. The van der Waals surface area contributed by atoms with E-state index < -0.39 is 0 Å². The van der Waals surface area contributed by atoms with Gasteiger partial charge in [-0.25, -0.2) is 0 Å². The first-order chi connectivity index (χ1) is 9.42. The third-order valence-corrected chi connectivity index (χ3v) is 4.21. The van der Waals surface area contributed by atoms with Crippen LogP contribution in [-0.2, 0) is 6.54 Å². The summed E-state index contributed by atoms with van der Waals surface area (Å²) in [5, 5.41) is 16.1. The highest BCUT2D eigenvalue weighted by atomic mass is 32.1. The van der Waals surface area contributed by atoms with Gasteiger partial charge in [0.05, 0.1) is 0 Å². The fraction of sp³-hybridized carbons (Fsp3) is 0.429. The fourth-order valence-electron chi connectivity index (χ4n) is 2.47. The van der Waals surface area contributed by atoms with Crippen molar-refractivity contribution in [2.45, 2.75) is 25.4 Å². The van der Waals surface area contributed by atoms with Crippen LogP contribution in [0.2, 0.25) is 0 Å². The number of thiophene rings is 1. The van der Waals surface area contributed by atoms with Crippen molar-refractivity contribution in [3.05, 3.63) is 40.7 Å². The van der Waals surface area contributed by atoms with Crippen LogP contribution < -0.4 is 10.2 Å². The molecule has 0 saturated carbocycles. The molecule has 1 saturated heterocycles. The summed E-state index contributed by atoms with van der Waals surface area (Å²) in [4.78, 5) is 2.32. The van der Waals surface area contributed by atoms with Gasteiger partial charge in [-0.3, -0.25) is 0 Å². The van der Waals surface area contributed by atoms with E-state index in [1.807, 2.05) is 12.1 Å². The summed E-state index contributed by atoms with van der Waals surface area (Å²) in [6.45, 7) is 3.06. The molecular formula is C14H18N4S. The minimum atomic E-state index is 0.538. The number of rotatable bonds is 4. The molecule has 1 fully saturated rings. The molecule has 0 aromatic carbocycles. The summed E-state index contributed by atoms with van der Waals surface area (Å²) in [6.07, 6.45) is 4.17. The van der Waals surface area contributed by atoms with Crippen LogP contribution in [0.1, 0.15) is 18.4 Å². The van der Waals surface area contributed by atoms with E-state index in [4.69, 9.17) is 0 Å². The molecule has 0 amide bonds. The molecular weight excluding hydrogens is 256 g/mol. The Morgan fingerprint density at radius 1 is 1.42 bits per heavy atom. The van der Waals surface area contributed by atoms with Crippen molar-refractivity contribution < 1.29 is 0 Å². The van der Waals surface area contributed by atoms with Crippen molar-refractivity contribution in [3.63, 3.8) is 0 Å². The van der Waals surface area contributed by atoms with E-state index in [0.717, 1.165) is 25.5 Å². The molecule has 1 atom stereocenters. The van der Waals surface area contributed by atoms with Crippen molar-refractivity contribution in [1.82, 2.24) is 15.5 Å². The van der Waals surface area contributed by atoms with E-state index in [-0.39, 0.29) is 0 Å². The predicted octanol–water partition coefficient (Wildman–Crippen LogP) is 2.30. The van der Waals surface area contributed by atoms with Crippen molar-refractivity contribution in [1.29, 1.82) is 0 Å². The molecule has 2 aromatic rings. The lowest BCUT2D eigenvalue weighted by atomic mass is 10.1. The molecule has 1 aliphatic heterocycles. The second-order valence-electron chi connectivity index (χ2n) is 4.88. The van der Waals surface area contributed by atoms with Crippen LogP contribution in [0.5, 0.6) is 0 Å². The van der Waals surface area contributed by atoms with Crippen LogP contribution in [0.25, 0.3) is 0 Å². The molecule has 0 unspecified atom stereocenters. The number of aromatic nitrogens is 2. The zero-order valence-corrected chi connectivity index (χ0v) is 11.6. The van der Waals surface area contributed by atoms with Gasteiger partial charge >= 0.3 is 0 Å². The first-order valence-corrected chi connectivity index (χ1v) is 7.63. The maximum atomic E-state index is 4.20. The Morgan fingerprint density at radius 3 is 3.21 bits per heavy atom. The van der Waals surface area contributed by atoms with Gasteiger partial charge in [-0.05, 0) is 47.4 Å². The average molecular weight is 274 g/mol. The summed E-state index contributed by atoms with van der Waals surface area (Å²) in [5.41, 5.74) is 1.38. The van der Waals surface area contributed by atoms with Crippen LogP contribution in [0.4, 0.5) is 5.82 Å². The molecule has 3 rings (SSSR count). The smallest absolute Gasteiger partial charge is 0.151 e. The molecule has 1 aliphatic rings. The maximum Gasteiger partial charge on any atom is 0.151 e. The van der Waals surface area contributed by atoms with Gasteiger partial charge in [0, 0.05) is 31.9 Å². The third-order valence-electron chi connectivity index (χ3n) is 3.48. The first-order valence-electron chi connectivity index (χ1n) is 6.69. The normalized spacial score (nSPS) is 19.6. The summed E-state index contributed by atoms with van der Waals surface area (Å²) in [5.74, 6) is 0.990. The highest BCUT2D eigenvalue weighted by Gasteiger charge is 2.20. The molecule has 3 heterocycles. The van der Waals surface area contributed by atoms with E-state index in [2.05, 4.69) is 37.2 Å². The summed E-state index contributed by atoms with van der Waals surface area (Å²) in [7, 11) is 0. The first kappa shape index (κ1) is 12.6. The van der Waals surface area contributed by atoms with Gasteiger partial charge in [0.25, 0.3) is 0 Å². The Hall–Kier alpha value is -1.46.